The van der Waals surface area contributed by atoms with E-state index in [1.54, 1.807) is 12.5 Å². The van der Waals surface area contributed by atoms with Gasteiger partial charge in [0.2, 0.25) is 0 Å². The van der Waals surface area contributed by atoms with E-state index in [9.17, 15) is 9.90 Å². The summed E-state index contributed by atoms with van der Waals surface area (Å²) in [6.07, 6.45) is 6.34. The number of hydrogen-bond acceptors (Lipinski definition) is 5. The SMILES string of the molecule is O=C(O)[C@@H]1CN(Cc2cc(Cl)ccc2OCCCn2ccnc2)CCN1. The topological polar surface area (TPSA) is 79.6 Å². The minimum Gasteiger partial charge on any atom is -0.493 e. The van der Waals surface area contributed by atoms with Crippen molar-refractivity contribution in [3.8, 4) is 5.75 Å². The van der Waals surface area contributed by atoms with Crippen LogP contribution in [0, 0.1) is 0 Å². The lowest BCUT2D eigenvalue weighted by atomic mass is 10.1. The number of ether oxygens (including phenoxy) is 1. The van der Waals surface area contributed by atoms with Crippen molar-refractivity contribution < 1.29 is 14.6 Å². The molecule has 1 atom stereocenters. The Hall–Kier alpha value is -2.09. The number of halogens is 1. The van der Waals surface area contributed by atoms with E-state index in [4.69, 9.17) is 16.3 Å². The van der Waals surface area contributed by atoms with E-state index in [1.807, 2.05) is 29.0 Å². The first-order valence-electron chi connectivity index (χ1n) is 8.67. The van der Waals surface area contributed by atoms with Gasteiger partial charge in [0.05, 0.1) is 12.9 Å². The van der Waals surface area contributed by atoms with Crippen LogP contribution in [-0.2, 0) is 17.9 Å². The largest absolute Gasteiger partial charge is 0.493 e. The fourth-order valence-corrected chi connectivity index (χ4v) is 3.22. The molecule has 1 aromatic heterocycles. The van der Waals surface area contributed by atoms with E-state index in [-0.39, 0.29) is 0 Å². The van der Waals surface area contributed by atoms with Gasteiger partial charge in [-0.2, -0.15) is 0 Å². The summed E-state index contributed by atoms with van der Waals surface area (Å²) in [5.41, 5.74) is 0.978. The molecule has 8 heteroatoms. The number of carbonyl (C=O) groups is 1. The molecular weight excluding hydrogens is 356 g/mol. The molecule has 0 saturated carbocycles. The summed E-state index contributed by atoms with van der Waals surface area (Å²) in [6.45, 7) is 3.95. The Balaban J connectivity index is 1.57. The summed E-state index contributed by atoms with van der Waals surface area (Å²) in [5.74, 6) is -0.0257. The summed E-state index contributed by atoms with van der Waals surface area (Å²) in [7, 11) is 0. The van der Waals surface area contributed by atoms with E-state index in [1.165, 1.54) is 0 Å². The van der Waals surface area contributed by atoms with Crippen molar-refractivity contribution in [2.45, 2.75) is 25.6 Å². The van der Waals surface area contributed by atoms with Crippen molar-refractivity contribution in [3.63, 3.8) is 0 Å². The van der Waals surface area contributed by atoms with Crippen LogP contribution in [-0.4, -0.2) is 57.8 Å². The van der Waals surface area contributed by atoms with E-state index in [2.05, 4.69) is 15.2 Å². The van der Waals surface area contributed by atoms with Gasteiger partial charge in [0.1, 0.15) is 11.8 Å². The van der Waals surface area contributed by atoms with Crippen LogP contribution in [0.1, 0.15) is 12.0 Å². The molecular formula is C18H23ClN4O3. The van der Waals surface area contributed by atoms with Gasteiger partial charge in [-0.25, -0.2) is 4.98 Å². The lowest BCUT2D eigenvalue weighted by Gasteiger charge is -2.32. The number of aromatic nitrogens is 2. The monoisotopic (exact) mass is 378 g/mol. The van der Waals surface area contributed by atoms with Crippen molar-refractivity contribution in [1.82, 2.24) is 19.8 Å². The minimum atomic E-state index is -0.822. The number of aryl methyl sites for hydroxylation is 1. The number of nitrogens with one attached hydrogen (secondary N) is 1. The number of rotatable bonds is 8. The Morgan fingerprint density at radius 1 is 1.46 bits per heavy atom. The molecule has 0 spiro atoms. The van der Waals surface area contributed by atoms with Crippen LogP contribution in [0.3, 0.4) is 0 Å². The number of benzene rings is 1. The third-order valence-corrected chi connectivity index (χ3v) is 4.59. The third kappa shape index (κ3) is 5.20. The maximum absolute atomic E-state index is 11.2. The van der Waals surface area contributed by atoms with Crippen molar-refractivity contribution in [2.24, 2.45) is 0 Å². The lowest BCUT2D eigenvalue weighted by Crippen LogP contribution is -2.53. The van der Waals surface area contributed by atoms with Crippen LogP contribution in [0.2, 0.25) is 5.02 Å². The molecule has 2 N–H and O–H groups in total. The van der Waals surface area contributed by atoms with E-state index < -0.39 is 12.0 Å². The second kappa shape index (κ2) is 9.02. The van der Waals surface area contributed by atoms with E-state index in [0.29, 0.717) is 31.3 Å². The highest BCUT2D eigenvalue weighted by Crippen LogP contribution is 2.25. The van der Waals surface area contributed by atoms with Gasteiger partial charge in [0.25, 0.3) is 0 Å². The summed E-state index contributed by atoms with van der Waals surface area (Å²) < 4.78 is 7.97. The number of piperazine rings is 1. The molecule has 7 nitrogen and oxygen atoms in total. The van der Waals surface area contributed by atoms with Gasteiger partial charge in [0, 0.05) is 55.7 Å². The van der Waals surface area contributed by atoms with Gasteiger partial charge >= 0.3 is 5.97 Å². The van der Waals surface area contributed by atoms with Crippen molar-refractivity contribution in [3.05, 3.63) is 47.5 Å². The van der Waals surface area contributed by atoms with Gasteiger partial charge in [-0.15, -0.1) is 0 Å². The predicted molar refractivity (Wildman–Crippen MR) is 98.5 cm³/mol. The first kappa shape index (κ1) is 18.7. The zero-order chi connectivity index (χ0) is 18.4. The maximum Gasteiger partial charge on any atom is 0.322 e. The van der Waals surface area contributed by atoms with Gasteiger partial charge < -0.3 is 19.7 Å². The molecule has 0 radical (unpaired) electrons. The molecule has 1 aliphatic rings. The molecule has 0 aliphatic carbocycles. The molecule has 1 saturated heterocycles. The van der Waals surface area contributed by atoms with Gasteiger partial charge in [-0.05, 0) is 24.6 Å². The molecule has 26 heavy (non-hydrogen) atoms. The Labute approximate surface area is 157 Å². The van der Waals surface area contributed by atoms with Crippen LogP contribution in [0.5, 0.6) is 5.75 Å². The molecule has 0 unspecified atom stereocenters. The maximum atomic E-state index is 11.2. The lowest BCUT2D eigenvalue weighted by molar-refractivity contribution is -0.140. The van der Waals surface area contributed by atoms with Gasteiger partial charge in [-0.3, -0.25) is 9.69 Å². The molecule has 1 aliphatic heterocycles. The Kier molecular flexibility index (Phi) is 6.49. The van der Waals surface area contributed by atoms with Crippen molar-refractivity contribution >= 4 is 17.6 Å². The quantitative estimate of drug-likeness (QED) is 0.683. The predicted octanol–water partition coefficient (Wildman–Crippen LogP) is 1.86. The molecule has 3 rings (SSSR count). The fraction of sp³-hybridized carbons (Fsp3) is 0.444. The van der Waals surface area contributed by atoms with Crippen LogP contribution in [0.15, 0.2) is 36.9 Å². The third-order valence-electron chi connectivity index (χ3n) is 4.35. The van der Waals surface area contributed by atoms with E-state index in [0.717, 1.165) is 30.8 Å². The van der Waals surface area contributed by atoms with Gasteiger partial charge in [0.15, 0.2) is 0 Å². The first-order valence-corrected chi connectivity index (χ1v) is 9.05. The number of imidazole rings is 1. The van der Waals surface area contributed by atoms with E-state index >= 15 is 0 Å². The molecule has 2 heterocycles. The average molecular weight is 379 g/mol. The molecule has 1 aromatic carbocycles. The molecule has 2 aromatic rings. The van der Waals surface area contributed by atoms with Crippen molar-refractivity contribution in [2.75, 3.05) is 26.2 Å². The Bertz CT molecular complexity index is 723. The number of nitrogens with zero attached hydrogens (tertiary/aromatic N) is 3. The highest BCUT2D eigenvalue weighted by molar-refractivity contribution is 6.30. The molecule has 0 bridgehead atoms. The number of carboxylic acids is 1. The smallest absolute Gasteiger partial charge is 0.322 e. The second-order valence-electron chi connectivity index (χ2n) is 6.33. The average Bonchev–Trinajstić information content (AvgIpc) is 3.14. The summed E-state index contributed by atoms with van der Waals surface area (Å²) in [5, 5.41) is 12.9. The molecule has 140 valence electrons. The first-order chi connectivity index (χ1) is 12.6. The van der Waals surface area contributed by atoms with Crippen LogP contribution >= 0.6 is 11.6 Å². The van der Waals surface area contributed by atoms with Gasteiger partial charge in [-0.1, -0.05) is 11.6 Å². The second-order valence-corrected chi connectivity index (χ2v) is 6.77. The Morgan fingerprint density at radius 3 is 3.12 bits per heavy atom. The molecule has 0 amide bonds. The minimum absolute atomic E-state index is 0.460. The standard InChI is InChI=1S/C18H23ClN4O3/c19-15-2-3-17(26-9-1-6-22-7-4-20-13-22)14(10-15)11-23-8-5-21-16(12-23)18(24)25/h2-4,7,10,13,16,21H,1,5-6,8-9,11-12H2,(H,24,25)/t16-/m0/s1. The zero-order valence-corrected chi connectivity index (χ0v) is 15.2. The van der Waals surface area contributed by atoms with Crippen LogP contribution in [0.4, 0.5) is 0 Å². The zero-order valence-electron chi connectivity index (χ0n) is 14.5. The van der Waals surface area contributed by atoms with Crippen LogP contribution in [0.25, 0.3) is 0 Å². The van der Waals surface area contributed by atoms with Crippen molar-refractivity contribution in [1.29, 1.82) is 0 Å². The summed E-state index contributed by atoms with van der Waals surface area (Å²) in [4.78, 5) is 17.3. The summed E-state index contributed by atoms with van der Waals surface area (Å²) in [6, 6.07) is 5.05. The highest BCUT2D eigenvalue weighted by Gasteiger charge is 2.25. The van der Waals surface area contributed by atoms with Crippen LogP contribution < -0.4 is 10.1 Å². The normalized spacial score (nSPS) is 18.0. The number of aliphatic carboxylic acids is 1. The number of hydrogen-bond donors (Lipinski definition) is 2. The Morgan fingerprint density at radius 2 is 2.35 bits per heavy atom. The highest BCUT2D eigenvalue weighted by atomic mass is 35.5. The fourth-order valence-electron chi connectivity index (χ4n) is 3.02. The number of carboxylic acid groups (broad SMARTS) is 1. The summed E-state index contributed by atoms with van der Waals surface area (Å²) >= 11 is 6.15. The molecule has 1 fully saturated rings.